The molecule has 1 fully saturated rings. The third kappa shape index (κ3) is 4.75. The van der Waals surface area contributed by atoms with E-state index in [1.807, 2.05) is 42.6 Å². The SMILES string of the molecule is CCNC(=NCC(C)(O)c1cccs1)NC1CC1c1cccc(Cl)c1. The van der Waals surface area contributed by atoms with Crippen LogP contribution in [0, 0.1) is 0 Å². The van der Waals surface area contributed by atoms with Gasteiger partial charge in [-0.15, -0.1) is 11.3 Å². The van der Waals surface area contributed by atoms with Crippen LogP contribution in [0.25, 0.3) is 0 Å². The normalized spacial score (nSPS) is 22.3. The summed E-state index contributed by atoms with van der Waals surface area (Å²) in [6, 6.07) is 12.3. The quantitative estimate of drug-likeness (QED) is 0.531. The van der Waals surface area contributed by atoms with E-state index < -0.39 is 5.60 Å². The summed E-state index contributed by atoms with van der Waals surface area (Å²) >= 11 is 7.63. The van der Waals surface area contributed by atoms with Gasteiger partial charge in [0, 0.05) is 28.4 Å². The highest BCUT2D eigenvalue weighted by atomic mass is 35.5. The minimum absolute atomic E-state index is 0.317. The van der Waals surface area contributed by atoms with E-state index in [1.54, 1.807) is 18.3 Å². The Morgan fingerprint density at radius 2 is 2.24 bits per heavy atom. The second kappa shape index (κ2) is 7.77. The summed E-state index contributed by atoms with van der Waals surface area (Å²) in [5.41, 5.74) is 0.304. The summed E-state index contributed by atoms with van der Waals surface area (Å²) in [6.45, 7) is 4.94. The fourth-order valence-corrected chi connectivity index (χ4v) is 3.83. The Kier molecular flexibility index (Phi) is 5.67. The Bertz CT molecular complexity index is 730. The van der Waals surface area contributed by atoms with Crippen LogP contribution >= 0.6 is 22.9 Å². The Balaban J connectivity index is 1.62. The number of hydrogen-bond donors (Lipinski definition) is 3. The number of nitrogens with one attached hydrogen (secondary N) is 2. The van der Waals surface area contributed by atoms with Gasteiger partial charge in [-0.25, -0.2) is 4.99 Å². The second-order valence-corrected chi connectivity index (χ2v) is 7.98. The maximum absolute atomic E-state index is 10.6. The van der Waals surface area contributed by atoms with E-state index in [1.165, 1.54) is 5.56 Å². The van der Waals surface area contributed by atoms with Crippen molar-refractivity contribution in [1.29, 1.82) is 0 Å². The van der Waals surface area contributed by atoms with Crippen molar-refractivity contribution < 1.29 is 5.11 Å². The lowest BCUT2D eigenvalue weighted by molar-refractivity contribution is 0.0711. The van der Waals surface area contributed by atoms with Crippen LogP contribution in [0.15, 0.2) is 46.8 Å². The molecule has 0 amide bonds. The molecule has 1 saturated carbocycles. The number of aliphatic hydroxyl groups is 1. The van der Waals surface area contributed by atoms with E-state index in [4.69, 9.17) is 11.6 Å². The summed E-state index contributed by atoms with van der Waals surface area (Å²) in [5, 5.41) is 20.1. The van der Waals surface area contributed by atoms with Gasteiger partial charge in [0.2, 0.25) is 0 Å². The van der Waals surface area contributed by atoms with Gasteiger partial charge in [0.25, 0.3) is 0 Å². The van der Waals surface area contributed by atoms with Crippen LogP contribution in [0.5, 0.6) is 0 Å². The fourth-order valence-electron chi connectivity index (χ4n) is 2.85. The monoisotopic (exact) mass is 377 g/mol. The lowest BCUT2D eigenvalue weighted by Crippen LogP contribution is -2.40. The van der Waals surface area contributed by atoms with Crippen LogP contribution in [-0.4, -0.2) is 30.2 Å². The minimum atomic E-state index is -0.952. The predicted octanol–water partition coefficient (Wildman–Crippen LogP) is 3.72. The van der Waals surface area contributed by atoms with Crippen LogP contribution in [-0.2, 0) is 5.60 Å². The number of thiophene rings is 1. The van der Waals surface area contributed by atoms with Gasteiger partial charge >= 0.3 is 0 Å². The van der Waals surface area contributed by atoms with E-state index in [2.05, 4.69) is 21.7 Å². The zero-order valence-electron chi connectivity index (χ0n) is 14.5. The molecular formula is C19H24ClN3OS. The molecule has 3 rings (SSSR count). The molecule has 1 aliphatic rings. The average molecular weight is 378 g/mol. The van der Waals surface area contributed by atoms with Crippen molar-refractivity contribution >= 4 is 28.9 Å². The summed E-state index contributed by atoms with van der Waals surface area (Å²) < 4.78 is 0. The van der Waals surface area contributed by atoms with E-state index in [0.29, 0.717) is 18.5 Å². The lowest BCUT2D eigenvalue weighted by Gasteiger charge is -2.20. The summed E-state index contributed by atoms with van der Waals surface area (Å²) in [7, 11) is 0. The molecule has 1 aromatic carbocycles. The van der Waals surface area contributed by atoms with Crippen molar-refractivity contribution in [3.8, 4) is 0 Å². The molecule has 0 aliphatic heterocycles. The molecule has 134 valence electrons. The van der Waals surface area contributed by atoms with Crippen molar-refractivity contribution in [3.05, 3.63) is 57.2 Å². The van der Waals surface area contributed by atoms with E-state index in [0.717, 1.165) is 28.8 Å². The number of halogens is 1. The zero-order chi connectivity index (χ0) is 17.9. The van der Waals surface area contributed by atoms with E-state index >= 15 is 0 Å². The molecule has 6 heteroatoms. The summed E-state index contributed by atoms with van der Waals surface area (Å²) in [5.74, 6) is 1.20. The van der Waals surface area contributed by atoms with Gasteiger partial charge < -0.3 is 15.7 Å². The first-order valence-electron chi connectivity index (χ1n) is 8.56. The lowest BCUT2D eigenvalue weighted by atomic mass is 10.1. The number of rotatable bonds is 6. The first-order valence-corrected chi connectivity index (χ1v) is 9.82. The molecule has 3 atom stereocenters. The Morgan fingerprint density at radius 3 is 2.92 bits per heavy atom. The maximum atomic E-state index is 10.6. The molecule has 1 heterocycles. The average Bonchev–Trinajstić information content (AvgIpc) is 3.10. The molecule has 3 N–H and O–H groups in total. The third-order valence-electron chi connectivity index (χ3n) is 4.33. The standard InChI is InChI=1S/C19H24ClN3OS/c1-3-21-18(22-12-19(2,24)17-8-5-9-25-17)23-16-11-15(16)13-6-4-7-14(20)10-13/h4-10,15-16,24H,3,11-12H2,1-2H3,(H2,21,22,23). The van der Waals surface area contributed by atoms with Crippen LogP contribution < -0.4 is 10.6 Å². The Labute approximate surface area is 158 Å². The number of benzene rings is 1. The number of hydrogen-bond acceptors (Lipinski definition) is 3. The Morgan fingerprint density at radius 1 is 1.40 bits per heavy atom. The molecule has 2 aromatic rings. The van der Waals surface area contributed by atoms with Crippen molar-refractivity contribution in [1.82, 2.24) is 10.6 Å². The van der Waals surface area contributed by atoms with Gasteiger partial charge in [-0.2, -0.15) is 0 Å². The smallest absolute Gasteiger partial charge is 0.191 e. The third-order valence-corrected chi connectivity index (χ3v) is 5.69. The maximum Gasteiger partial charge on any atom is 0.191 e. The van der Waals surface area contributed by atoms with Gasteiger partial charge in [0.05, 0.1) is 6.54 Å². The molecule has 4 nitrogen and oxygen atoms in total. The van der Waals surface area contributed by atoms with Crippen LogP contribution in [0.2, 0.25) is 5.02 Å². The molecule has 0 saturated heterocycles. The van der Waals surface area contributed by atoms with E-state index in [9.17, 15) is 5.11 Å². The molecule has 0 bridgehead atoms. The molecule has 3 unspecified atom stereocenters. The zero-order valence-corrected chi connectivity index (χ0v) is 16.1. The number of guanidine groups is 1. The first kappa shape index (κ1) is 18.2. The summed E-state index contributed by atoms with van der Waals surface area (Å²) in [6.07, 6.45) is 1.06. The summed E-state index contributed by atoms with van der Waals surface area (Å²) in [4.78, 5) is 5.52. The van der Waals surface area contributed by atoms with Crippen molar-refractivity contribution in [3.63, 3.8) is 0 Å². The molecule has 0 radical (unpaired) electrons. The van der Waals surface area contributed by atoms with Gasteiger partial charge in [0.1, 0.15) is 5.60 Å². The van der Waals surface area contributed by atoms with Gasteiger partial charge in [0.15, 0.2) is 5.96 Å². The number of nitrogens with zero attached hydrogens (tertiary/aromatic N) is 1. The van der Waals surface area contributed by atoms with Gasteiger partial charge in [-0.3, -0.25) is 0 Å². The number of aliphatic imine (C=N–C) groups is 1. The molecule has 1 aromatic heterocycles. The molecular weight excluding hydrogens is 354 g/mol. The van der Waals surface area contributed by atoms with Crippen molar-refractivity contribution in [2.45, 2.75) is 37.8 Å². The second-order valence-electron chi connectivity index (χ2n) is 6.59. The predicted molar refractivity (Wildman–Crippen MR) is 106 cm³/mol. The van der Waals surface area contributed by atoms with Crippen LogP contribution in [0.4, 0.5) is 0 Å². The van der Waals surface area contributed by atoms with Gasteiger partial charge in [-0.1, -0.05) is 29.8 Å². The van der Waals surface area contributed by atoms with Crippen molar-refractivity contribution in [2.75, 3.05) is 13.1 Å². The highest BCUT2D eigenvalue weighted by Crippen LogP contribution is 2.41. The van der Waals surface area contributed by atoms with Crippen molar-refractivity contribution in [2.24, 2.45) is 4.99 Å². The fraction of sp³-hybridized carbons (Fsp3) is 0.421. The molecule has 1 aliphatic carbocycles. The van der Waals surface area contributed by atoms with E-state index in [-0.39, 0.29) is 0 Å². The largest absolute Gasteiger partial charge is 0.383 e. The van der Waals surface area contributed by atoms with Gasteiger partial charge in [-0.05, 0) is 49.4 Å². The highest BCUT2D eigenvalue weighted by Gasteiger charge is 2.39. The Hall–Kier alpha value is -1.56. The highest BCUT2D eigenvalue weighted by molar-refractivity contribution is 7.10. The molecule has 0 spiro atoms. The van der Waals surface area contributed by atoms with Crippen LogP contribution in [0.1, 0.15) is 36.6 Å². The minimum Gasteiger partial charge on any atom is -0.383 e. The topological polar surface area (TPSA) is 56.7 Å². The first-order chi connectivity index (χ1) is 12.0. The molecule has 25 heavy (non-hydrogen) atoms. The van der Waals surface area contributed by atoms with Crippen LogP contribution in [0.3, 0.4) is 0 Å².